The first kappa shape index (κ1) is 5.92. The van der Waals surface area contributed by atoms with E-state index >= 15 is 0 Å². The fourth-order valence-electron chi connectivity index (χ4n) is 1.33. The Hall–Kier alpha value is -0.830. The van der Waals surface area contributed by atoms with Crippen LogP contribution in [0.2, 0.25) is 0 Å². The van der Waals surface area contributed by atoms with Crippen LogP contribution in [-0.4, -0.2) is 11.5 Å². The van der Waals surface area contributed by atoms with Gasteiger partial charge in [-0.15, -0.1) is 0 Å². The van der Waals surface area contributed by atoms with E-state index in [0.717, 1.165) is 12.2 Å². The molecule has 1 N–H and O–H groups in total. The zero-order valence-corrected chi connectivity index (χ0v) is 5.71. The maximum atomic E-state index is 4.88. The second kappa shape index (κ2) is 2.42. The minimum absolute atomic E-state index is 0.443. The van der Waals surface area contributed by atoms with Gasteiger partial charge < -0.3 is 9.73 Å². The lowest BCUT2D eigenvalue weighted by Gasteiger charge is -2.02. The van der Waals surface area contributed by atoms with E-state index in [2.05, 4.69) is 10.3 Å². The summed E-state index contributed by atoms with van der Waals surface area (Å²) < 4.78 is 4.88. The van der Waals surface area contributed by atoms with Gasteiger partial charge in [0.15, 0.2) is 6.39 Å². The molecule has 3 heteroatoms. The van der Waals surface area contributed by atoms with Gasteiger partial charge in [-0.3, -0.25) is 0 Å². The van der Waals surface area contributed by atoms with Gasteiger partial charge in [0.25, 0.3) is 0 Å². The van der Waals surface area contributed by atoms with Crippen LogP contribution in [0.25, 0.3) is 0 Å². The minimum Gasteiger partial charge on any atom is -0.451 e. The number of aromatic nitrogens is 1. The summed E-state index contributed by atoms with van der Waals surface area (Å²) >= 11 is 0. The van der Waals surface area contributed by atoms with E-state index in [9.17, 15) is 0 Å². The van der Waals surface area contributed by atoms with Gasteiger partial charge in [-0.25, -0.2) is 4.98 Å². The van der Waals surface area contributed by atoms with Gasteiger partial charge in [0.2, 0.25) is 0 Å². The molecule has 0 amide bonds. The number of nitrogens with zero attached hydrogens (tertiary/aromatic N) is 1. The van der Waals surface area contributed by atoms with Crippen LogP contribution in [0.4, 0.5) is 0 Å². The number of hydrogen-bond acceptors (Lipinski definition) is 3. The summed E-state index contributed by atoms with van der Waals surface area (Å²) in [6, 6.07) is 0.443. The molecule has 10 heavy (non-hydrogen) atoms. The Morgan fingerprint density at radius 1 is 1.70 bits per heavy atom. The average Bonchev–Trinajstić information content (AvgIpc) is 2.59. The standard InChI is InChI=1S/C7H10N2O/c1-2-6(8-3-1)7-4-10-5-9-7/h4-6,8H,1-3H2. The van der Waals surface area contributed by atoms with Crippen LogP contribution in [0, 0.1) is 0 Å². The summed E-state index contributed by atoms with van der Waals surface area (Å²) in [5.41, 5.74) is 1.04. The number of rotatable bonds is 1. The lowest BCUT2D eigenvalue weighted by Crippen LogP contribution is -2.12. The zero-order valence-electron chi connectivity index (χ0n) is 5.71. The second-order valence-corrected chi connectivity index (χ2v) is 2.56. The van der Waals surface area contributed by atoms with E-state index < -0.39 is 0 Å². The normalized spacial score (nSPS) is 25.4. The SMILES string of the molecule is c1nc(C2CCCN2)co1. The van der Waals surface area contributed by atoms with Crippen molar-refractivity contribution in [3.63, 3.8) is 0 Å². The zero-order chi connectivity index (χ0) is 6.81. The fourth-order valence-corrected chi connectivity index (χ4v) is 1.33. The van der Waals surface area contributed by atoms with E-state index in [0.29, 0.717) is 6.04 Å². The Morgan fingerprint density at radius 3 is 3.30 bits per heavy atom. The Bertz CT molecular complexity index is 189. The molecule has 1 unspecified atom stereocenters. The highest BCUT2D eigenvalue weighted by molar-refractivity contribution is 5.01. The molecule has 0 spiro atoms. The molecule has 1 aromatic rings. The molecular formula is C7H10N2O. The first-order chi connectivity index (χ1) is 4.97. The molecule has 2 heterocycles. The van der Waals surface area contributed by atoms with Crippen molar-refractivity contribution in [2.75, 3.05) is 6.54 Å². The highest BCUT2D eigenvalue weighted by atomic mass is 16.3. The molecule has 0 aromatic carbocycles. The third-order valence-corrected chi connectivity index (χ3v) is 1.87. The van der Waals surface area contributed by atoms with Gasteiger partial charge in [0, 0.05) is 0 Å². The van der Waals surface area contributed by atoms with Gasteiger partial charge in [0.1, 0.15) is 6.26 Å². The van der Waals surface area contributed by atoms with Gasteiger partial charge in [-0.05, 0) is 19.4 Å². The van der Waals surface area contributed by atoms with Crippen molar-refractivity contribution in [3.05, 3.63) is 18.4 Å². The molecule has 1 saturated heterocycles. The van der Waals surface area contributed by atoms with Crippen LogP contribution < -0.4 is 5.32 Å². The van der Waals surface area contributed by atoms with Crippen molar-refractivity contribution in [1.82, 2.24) is 10.3 Å². The maximum Gasteiger partial charge on any atom is 0.180 e. The molecule has 1 atom stereocenters. The number of hydrogen-bond donors (Lipinski definition) is 1. The van der Waals surface area contributed by atoms with Crippen molar-refractivity contribution >= 4 is 0 Å². The van der Waals surface area contributed by atoms with E-state index in [-0.39, 0.29) is 0 Å². The Balaban J connectivity index is 2.12. The van der Waals surface area contributed by atoms with Crippen molar-refractivity contribution < 1.29 is 4.42 Å². The average molecular weight is 138 g/mol. The summed E-state index contributed by atoms with van der Waals surface area (Å²) in [5.74, 6) is 0. The summed E-state index contributed by atoms with van der Waals surface area (Å²) in [5, 5.41) is 3.34. The lowest BCUT2D eigenvalue weighted by atomic mass is 10.2. The van der Waals surface area contributed by atoms with E-state index in [1.807, 2.05) is 0 Å². The summed E-state index contributed by atoms with van der Waals surface area (Å²) in [6.07, 6.45) is 5.63. The van der Waals surface area contributed by atoms with Gasteiger partial charge in [0.05, 0.1) is 11.7 Å². The topological polar surface area (TPSA) is 38.1 Å². The maximum absolute atomic E-state index is 4.88. The van der Waals surface area contributed by atoms with Crippen LogP contribution in [0.3, 0.4) is 0 Å². The highest BCUT2D eigenvalue weighted by Crippen LogP contribution is 2.20. The molecule has 3 nitrogen and oxygen atoms in total. The third kappa shape index (κ3) is 0.926. The molecular weight excluding hydrogens is 128 g/mol. The largest absolute Gasteiger partial charge is 0.451 e. The van der Waals surface area contributed by atoms with Crippen LogP contribution in [0.5, 0.6) is 0 Å². The monoisotopic (exact) mass is 138 g/mol. The summed E-state index contributed by atoms with van der Waals surface area (Å²) in [6.45, 7) is 1.11. The predicted octanol–water partition coefficient (Wildman–Crippen LogP) is 1.10. The van der Waals surface area contributed by atoms with Crippen molar-refractivity contribution in [2.24, 2.45) is 0 Å². The van der Waals surface area contributed by atoms with Crippen molar-refractivity contribution in [1.29, 1.82) is 0 Å². The van der Waals surface area contributed by atoms with Gasteiger partial charge >= 0.3 is 0 Å². The Kier molecular flexibility index (Phi) is 1.43. The molecule has 0 saturated carbocycles. The van der Waals surface area contributed by atoms with Crippen molar-refractivity contribution in [3.8, 4) is 0 Å². The molecule has 1 aromatic heterocycles. The molecule has 1 aliphatic rings. The van der Waals surface area contributed by atoms with E-state index in [1.165, 1.54) is 19.2 Å². The molecule has 0 radical (unpaired) electrons. The quantitative estimate of drug-likeness (QED) is 0.631. The number of oxazole rings is 1. The van der Waals surface area contributed by atoms with E-state index in [1.54, 1.807) is 6.26 Å². The lowest BCUT2D eigenvalue weighted by molar-refractivity contribution is 0.550. The predicted molar refractivity (Wildman–Crippen MR) is 36.5 cm³/mol. The van der Waals surface area contributed by atoms with Gasteiger partial charge in [-0.2, -0.15) is 0 Å². The molecule has 54 valence electrons. The molecule has 1 aliphatic heterocycles. The first-order valence-corrected chi connectivity index (χ1v) is 3.58. The number of nitrogens with one attached hydrogen (secondary N) is 1. The smallest absolute Gasteiger partial charge is 0.180 e. The highest BCUT2D eigenvalue weighted by Gasteiger charge is 2.17. The molecule has 0 aliphatic carbocycles. The van der Waals surface area contributed by atoms with Crippen LogP contribution in [0.15, 0.2) is 17.1 Å². The molecule has 0 bridgehead atoms. The molecule has 2 rings (SSSR count). The van der Waals surface area contributed by atoms with Gasteiger partial charge in [-0.1, -0.05) is 0 Å². The fraction of sp³-hybridized carbons (Fsp3) is 0.571. The first-order valence-electron chi connectivity index (χ1n) is 3.58. The van der Waals surface area contributed by atoms with Crippen LogP contribution in [-0.2, 0) is 0 Å². The Labute approximate surface area is 59.4 Å². The Morgan fingerprint density at radius 2 is 2.70 bits per heavy atom. The van der Waals surface area contributed by atoms with Crippen molar-refractivity contribution in [2.45, 2.75) is 18.9 Å². The van der Waals surface area contributed by atoms with Crippen LogP contribution in [0.1, 0.15) is 24.6 Å². The minimum atomic E-state index is 0.443. The van der Waals surface area contributed by atoms with E-state index in [4.69, 9.17) is 4.42 Å². The second-order valence-electron chi connectivity index (χ2n) is 2.56. The summed E-state index contributed by atoms with van der Waals surface area (Å²) in [4.78, 5) is 4.07. The summed E-state index contributed by atoms with van der Waals surface area (Å²) in [7, 11) is 0. The molecule has 1 fully saturated rings. The third-order valence-electron chi connectivity index (χ3n) is 1.87. The van der Waals surface area contributed by atoms with Crippen LogP contribution >= 0.6 is 0 Å².